The molecule has 0 amide bonds. The fourth-order valence-corrected chi connectivity index (χ4v) is 2.18. The smallest absolute Gasteiger partial charge is 0.328 e. The van der Waals surface area contributed by atoms with Crippen molar-refractivity contribution in [3.05, 3.63) is 60.8 Å². The van der Waals surface area contributed by atoms with Crippen LogP contribution in [0.15, 0.2) is 29.1 Å². The molecule has 0 fully saturated rings. The molecule has 1 heterocycles. The number of nitro groups is 1. The predicted octanol–water partition coefficient (Wildman–Crippen LogP) is 3.13. The zero-order valence-electron chi connectivity index (χ0n) is 11.0. The summed E-state index contributed by atoms with van der Waals surface area (Å²) >= 11 is 4.80. The lowest BCUT2D eigenvalue weighted by molar-refractivity contribution is -0.384. The first-order valence-electron chi connectivity index (χ1n) is 5.80. The number of rotatable bonds is 2. The van der Waals surface area contributed by atoms with Crippen molar-refractivity contribution in [2.45, 2.75) is 13.1 Å². The number of hydrogen-bond donors (Lipinski definition) is 1. The molecule has 0 aliphatic carbocycles. The van der Waals surface area contributed by atoms with Gasteiger partial charge >= 0.3 is 6.18 Å². The molecule has 0 atom stereocenters. The van der Waals surface area contributed by atoms with Crippen LogP contribution >= 0.6 is 12.2 Å². The molecule has 0 unspecified atom stereocenters. The second-order valence-electron chi connectivity index (χ2n) is 4.39. The van der Waals surface area contributed by atoms with E-state index in [4.69, 9.17) is 12.2 Å². The predicted molar refractivity (Wildman–Crippen MR) is 73.6 cm³/mol. The van der Waals surface area contributed by atoms with Gasteiger partial charge in [0.25, 0.3) is 11.2 Å². The van der Waals surface area contributed by atoms with Crippen LogP contribution in [0.3, 0.4) is 0 Å². The lowest BCUT2D eigenvalue weighted by Gasteiger charge is -2.12. The van der Waals surface area contributed by atoms with Gasteiger partial charge in [0, 0.05) is 18.2 Å². The number of nitrogens with zero attached hydrogens (tertiary/aromatic N) is 2. The summed E-state index contributed by atoms with van der Waals surface area (Å²) in [5, 5.41) is 10.7. The molecule has 0 bridgehead atoms. The lowest BCUT2D eigenvalue weighted by atomic mass is 10.1. The van der Waals surface area contributed by atoms with Crippen molar-refractivity contribution >= 4 is 17.9 Å². The average molecular weight is 331 g/mol. The van der Waals surface area contributed by atoms with Crippen LogP contribution in [-0.4, -0.2) is 14.5 Å². The van der Waals surface area contributed by atoms with Crippen molar-refractivity contribution < 1.29 is 18.1 Å². The highest BCUT2D eigenvalue weighted by atomic mass is 32.1. The first kappa shape index (κ1) is 15.9. The first-order valence-corrected chi connectivity index (χ1v) is 6.21. The largest absolute Gasteiger partial charge is 0.431 e. The number of H-pyrrole nitrogens is 1. The summed E-state index contributed by atoms with van der Waals surface area (Å²) < 4.78 is 38.2. The molecule has 0 spiro atoms. The topological polar surface area (TPSA) is 80.9 Å². The highest BCUT2D eigenvalue weighted by Crippen LogP contribution is 2.27. The molecule has 1 aromatic carbocycles. The van der Waals surface area contributed by atoms with Crippen molar-refractivity contribution in [1.29, 1.82) is 0 Å². The summed E-state index contributed by atoms with van der Waals surface area (Å²) in [5.74, 6) is 0. The number of benzene rings is 1. The number of halogens is 3. The van der Waals surface area contributed by atoms with Crippen LogP contribution in [0, 0.1) is 21.8 Å². The van der Waals surface area contributed by atoms with Gasteiger partial charge in [0.1, 0.15) is 5.69 Å². The van der Waals surface area contributed by atoms with E-state index in [1.807, 2.05) is 4.98 Å². The molecular formula is C12H8F3N3O3S. The van der Waals surface area contributed by atoms with E-state index >= 15 is 0 Å². The SMILES string of the molecule is Cc1cc([N+](=O)[O-])ccc1-n1c(=O)cc(C(F)(F)F)[nH]c1=S. The fraction of sp³-hybridized carbons (Fsp3) is 0.167. The summed E-state index contributed by atoms with van der Waals surface area (Å²) in [6, 6.07) is 3.98. The average Bonchev–Trinajstić information content (AvgIpc) is 2.38. The number of nitrogens with one attached hydrogen (secondary N) is 1. The van der Waals surface area contributed by atoms with Crippen molar-refractivity contribution in [3.8, 4) is 5.69 Å². The maximum atomic E-state index is 12.6. The molecule has 6 nitrogen and oxygen atoms in total. The van der Waals surface area contributed by atoms with Crippen LogP contribution in [-0.2, 0) is 6.18 Å². The van der Waals surface area contributed by atoms with Gasteiger partial charge in [0.05, 0.1) is 10.6 Å². The number of aromatic nitrogens is 2. The third-order valence-corrected chi connectivity index (χ3v) is 3.16. The normalized spacial score (nSPS) is 11.5. The third kappa shape index (κ3) is 2.91. The zero-order chi connectivity index (χ0) is 16.7. The van der Waals surface area contributed by atoms with E-state index in [-0.39, 0.29) is 11.4 Å². The quantitative estimate of drug-likeness (QED) is 0.521. The van der Waals surface area contributed by atoms with Gasteiger partial charge in [-0.1, -0.05) is 0 Å². The summed E-state index contributed by atoms with van der Waals surface area (Å²) in [6.45, 7) is 1.49. The third-order valence-electron chi connectivity index (χ3n) is 2.87. The van der Waals surface area contributed by atoms with E-state index in [1.165, 1.54) is 19.1 Å². The first-order chi connectivity index (χ1) is 10.1. The Labute approximate surface area is 126 Å². The molecule has 1 N–H and O–H groups in total. The molecule has 0 saturated heterocycles. The van der Waals surface area contributed by atoms with Crippen LogP contribution in [0.4, 0.5) is 18.9 Å². The molecule has 0 aliphatic heterocycles. The number of aromatic amines is 1. The van der Waals surface area contributed by atoms with Crippen molar-refractivity contribution in [1.82, 2.24) is 9.55 Å². The molecule has 116 valence electrons. The van der Waals surface area contributed by atoms with Gasteiger partial charge in [-0.15, -0.1) is 0 Å². The fourth-order valence-electron chi connectivity index (χ4n) is 1.88. The van der Waals surface area contributed by atoms with Crippen LogP contribution in [0.2, 0.25) is 0 Å². The molecule has 22 heavy (non-hydrogen) atoms. The lowest BCUT2D eigenvalue weighted by Crippen LogP contribution is -2.24. The number of alkyl halides is 3. The second-order valence-corrected chi connectivity index (χ2v) is 4.77. The Morgan fingerprint density at radius 1 is 1.32 bits per heavy atom. The molecule has 0 saturated carbocycles. The number of hydrogen-bond acceptors (Lipinski definition) is 4. The van der Waals surface area contributed by atoms with Crippen LogP contribution in [0.5, 0.6) is 0 Å². The molecule has 0 radical (unpaired) electrons. The monoisotopic (exact) mass is 331 g/mol. The van der Waals surface area contributed by atoms with Gasteiger partial charge in [-0.05, 0) is 30.8 Å². The summed E-state index contributed by atoms with van der Waals surface area (Å²) in [4.78, 5) is 23.9. The summed E-state index contributed by atoms with van der Waals surface area (Å²) in [5.41, 5.74) is -1.93. The van der Waals surface area contributed by atoms with Crippen molar-refractivity contribution in [3.63, 3.8) is 0 Å². The van der Waals surface area contributed by atoms with Crippen molar-refractivity contribution in [2.75, 3.05) is 0 Å². The second kappa shape index (κ2) is 5.37. The van der Waals surface area contributed by atoms with Gasteiger partial charge in [0.15, 0.2) is 4.77 Å². The van der Waals surface area contributed by atoms with Gasteiger partial charge in [-0.25, -0.2) is 0 Å². The number of non-ortho nitro benzene ring substituents is 1. The highest BCUT2D eigenvalue weighted by Gasteiger charge is 2.32. The van der Waals surface area contributed by atoms with Crippen molar-refractivity contribution in [2.24, 2.45) is 0 Å². The Hall–Kier alpha value is -2.49. The molecule has 10 heteroatoms. The van der Waals surface area contributed by atoms with E-state index in [2.05, 4.69) is 0 Å². The van der Waals surface area contributed by atoms with E-state index < -0.39 is 27.1 Å². The molecule has 2 rings (SSSR count). The maximum absolute atomic E-state index is 12.6. The summed E-state index contributed by atoms with van der Waals surface area (Å²) in [6.07, 6.45) is -4.73. The molecule has 1 aromatic heterocycles. The number of aryl methyl sites for hydroxylation is 1. The standard InChI is InChI=1S/C12H8F3N3O3S/c1-6-4-7(18(20)21)2-3-8(6)17-10(19)5-9(12(13,14)15)16-11(17)22/h2-5H,1H3,(H,16,22). The van der Waals surface area contributed by atoms with Crippen LogP contribution in [0.25, 0.3) is 5.69 Å². The minimum atomic E-state index is -4.73. The Kier molecular flexibility index (Phi) is 3.88. The maximum Gasteiger partial charge on any atom is 0.431 e. The zero-order valence-corrected chi connectivity index (χ0v) is 11.8. The van der Waals surface area contributed by atoms with Gasteiger partial charge < -0.3 is 4.98 Å². The van der Waals surface area contributed by atoms with Gasteiger partial charge in [0.2, 0.25) is 0 Å². The van der Waals surface area contributed by atoms with Gasteiger partial charge in [-0.3, -0.25) is 19.5 Å². The van der Waals surface area contributed by atoms with E-state index in [9.17, 15) is 28.1 Å². The van der Waals surface area contributed by atoms with E-state index in [0.29, 0.717) is 11.6 Å². The number of nitro benzene ring substituents is 1. The Bertz CT molecular complexity index is 839. The van der Waals surface area contributed by atoms with Crippen LogP contribution < -0.4 is 5.56 Å². The molecule has 2 aromatic rings. The molecular weight excluding hydrogens is 323 g/mol. The molecule has 0 aliphatic rings. The highest BCUT2D eigenvalue weighted by molar-refractivity contribution is 7.71. The van der Waals surface area contributed by atoms with E-state index in [1.54, 1.807) is 0 Å². The Balaban J connectivity index is 2.67. The minimum Gasteiger partial charge on any atom is -0.328 e. The van der Waals surface area contributed by atoms with E-state index in [0.717, 1.165) is 10.6 Å². The Morgan fingerprint density at radius 2 is 1.95 bits per heavy atom. The minimum absolute atomic E-state index is 0.172. The summed E-state index contributed by atoms with van der Waals surface area (Å²) in [7, 11) is 0. The van der Waals surface area contributed by atoms with Crippen LogP contribution in [0.1, 0.15) is 11.3 Å². The van der Waals surface area contributed by atoms with Gasteiger partial charge in [-0.2, -0.15) is 13.2 Å². The Morgan fingerprint density at radius 3 is 2.41 bits per heavy atom.